The minimum atomic E-state index is -0.633. The molecular formula is C19H17Cl2NO2. The van der Waals surface area contributed by atoms with Crippen LogP contribution in [-0.2, 0) is 5.54 Å². The molecule has 124 valence electrons. The Labute approximate surface area is 150 Å². The van der Waals surface area contributed by atoms with E-state index in [-0.39, 0.29) is 17.6 Å². The second kappa shape index (κ2) is 6.15. The highest BCUT2D eigenvalue weighted by Crippen LogP contribution is 2.45. The molecule has 1 aliphatic heterocycles. The lowest BCUT2D eigenvalue weighted by atomic mass is 9.75. The minimum absolute atomic E-state index is 0.0699. The lowest BCUT2D eigenvalue weighted by molar-refractivity contribution is 0.0924. The number of carbonyl (C=O) groups is 1. The largest absolute Gasteiger partial charge is 0.508 e. The van der Waals surface area contributed by atoms with E-state index in [0.29, 0.717) is 22.0 Å². The lowest BCUT2D eigenvalue weighted by Crippen LogP contribution is -2.41. The minimum Gasteiger partial charge on any atom is -0.508 e. The highest BCUT2D eigenvalue weighted by molar-refractivity contribution is 6.42. The van der Waals surface area contributed by atoms with Gasteiger partial charge in [0.2, 0.25) is 0 Å². The van der Waals surface area contributed by atoms with Crippen molar-refractivity contribution in [2.75, 3.05) is 0 Å². The number of amides is 1. The standard InChI is InChI=1S/C19H17Cl2NO2/c1-3-4-14(11-5-8-16(20)17(21)9-11)19(2)15-7-6-12(23)10-13(15)18(24)22-19/h3,5-10,14,23H,1,4H2,2H3,(H,22,24). The first-order valence-electron chi connectivity index (χ1n) is 7.58. The number of rotatable bonds is 4. The second-order valence-corrected chi connectivity index (χ2v) is 6.95. The van der Waals surface area contributed by atoms with Crippen LogP contribution in [0.4, 0.5) is 0 Å². The van der Waals surface area contributed by atoms with Gasteiger partial charge >= 0.3 is 0 Å². The molecule has 5 heteroatoms. The molecule has 24 heavy (non-hydrogen) atoms. The molecular weight excluding hydrogens is 345 g/mol. The predicted molar refractivity (Wildman–Crippen MR) is 96.9 cm³/mol. The fourth-order valence-electron chi connectivity index (χ4n) is 3.42. The molecule has 0 aliphatic carbocycles. The topological polar surface area (TPSA) is 49.3 Å². The van der Waals surface area contributed by atoms with Crippen LogP contribution in [0.3, 0.4) is 0 Å². The molecule has 1 heterocycles. The van der Waals surface area contributed by atoms with Crippen LogP contribution < -0.4 is 5.32 Å². The number of benzene rings is 2. The van der Waals surface area contributed by atoms with Gasteiger partial charge in [-0.2, -0.15) is 0 Å². The van der Waals surface area contributed by atoms with E-state index in [1.807, 2.05) is 25.1 Å². The van der Waals surface area contributed by atoms with Gasteiger partial charge in [-0.15, -0.1) is 6.58 Å². The maximum atomic E-state index is 12.4. The van der Waals surface area contributed by atoms with Crippen molar-refractivity contribution in [3.63, 3.8) is 0 Å². The Morgan fingerprint density at radius 1 is 1.25 bits per heavy atom. The van der Waals surface area contributed by atoms with Gasteiger partial charge in [0.25, 0.3) is 5.91 Å². The number of hydrogen-bond donors (Lipinski definition) is 2. The number of halogens is 2. The van der Waals surface area contributed by atoms with Crippen molar-refractivity contribution in [2.24, 2.45) is 0 Å². The van der Waals surface area contributed by atoms with Crippen molar-refractivity contribution in [2.45, 2.75) is 24.8 Å². The summed E-state index contributed by atoms with van der Waals surface area (Å²) in [5.41, 5.74) is 1.67. The Morgan fingerprint density at radius 2 is 2.00 bits per heavy atom. The third-order valence-corrected chi connectivity index (χ3v) is 5.36. The number of fused-ring (bicyclic) bond motifs is 1. The van der Waals surface area contributed by atoms with E-state index in [4.69, 9.17) is 23.2 Å². The quantitative estimate of drug-likeness (QED) is 0.751. The third-order valence-electron chi connectivity index (χ3n) is 4.63. The average molecular weight is 362 g/mol. The van der Waals surface area contributed by atoms with Crippen molar-refractivity contribution in [3.05, 3.63) is 75.8 Å². The fourth-order valence-corrected chi connectivity index (χ4v) is 3.73. The zero-order chi connectivity index (χ0) is 17.5. The Balaban J connectivity index is 2.14. The second-order valence-electron chi connectivity index (χ2n) is 6.14. The molecule has 2 N–H and O–H groups in total. The summed E-state index contributed by atoms with van der Waals surface area (Å²) in [6.45, 7) is 5.82. The molecule has 2 aromatic carbocycles. The van der Waals surface area contributed by atoms with Gasteiger partial charge in [0.05, 0.1) is 15.6 Å². The Morgan fingerprint density at radius 3 is 2.67 bits per heavy atom. The number of hydrogen-bond acceptors (Lipinski definition) is 2. The van der Waals surface area contributed by atoms with Crippen LogP contribution in [0.5, 0.6) is 5.75 Å². The smallest absolute Gasteiger partial charge is 0.252 e. The predicted octanol–water partition coefficient (Wildman–Crippen LogP) is 5.02. The van der Waals surface area contributed by atoms with Gasteiger partial charge in [-0.25, -0.2) is 0 Å². The van der Waals surface area contributed by atoms with E-state index in [1.165, 1.54) is 6.07 Å². The molecule has 0 fully saturated rings. The van der Waals surface area contributed by atoms with Crippen LogP contribution in [0.25, 0.3) is 0 Å². The zero-order valence-electron chi connectivity index (χ0n) is 13.1. The van der Waals surface area contributed by atoms with Crippen LogP contribution in [0.15, 0.2) is 49.1 Å². The maximum absolute atomic E-state index is 12.4. The highest BCUT2D eigenvalue weighted by atomic mass is 35.5. The first-order chi connectivity index (χ1) is 11.4. The average Bonchev–Trinajstić information content (AvgIpc) is 2.79. The van der Waals surface area contributed by atoms with E-state index >= 15 is 0 Å². The SMILES string of the molecule is C=CCC(c1ccc(Cl)c(Cl)c1)C1(C)NC(=O)c2cc(O)ccc21. The van der Waals surface area contributed by atoms with E-state index in [2.05, 4.69) is 11.9 Å². The monoisotopic (exact) mass is 361 g/mol. The maximum Gasteiger partial charge on any atom is 0.252 e. The molecule has 0 saturated carbocycles. The Kier molecular flexibility index (Phi) is 4.33. The van der Waals surface area contributed by atoms with E-state index in [1.54, 1.807) is 18.2 Å². The Hall–Kier alpha value is -1.97. The fraction of sp³-hybridized carbons (Fsp3) is 0.211. The summed E-state index contributed by atoms with van der Waals surface area (Å²) >= 11 is 12.2. The molecule has 3 rings (SSSR count). The summed E-state index contributed by atoms with van der Waals surface area (Å²) < 4.78 is 0. The molecule has 0 saturated heterocycles. The van der Waals surface area contributed by atoms with E-state index < -0.39 is 5.54 Å². The molecule has 3 nitrogen and oxygen atoms in total. The van der Waals surface area contributed by atoms with Gasteiger partial charge in [-0.1, -0.05) is 41.4 Å². The van der Waals surface area contributed by atoms with Crippen molar-refractivity contribution < 1.29 is 9.90 Å². The van der Waals surface area contributed by atoms with Gasteiger partial charge in [0.1, 0.15) is 5.75 Å². The van der Waals surface area contributed by atoms with E-state index in [0.717, 1.165) is 11.1 Å². The van der Waals surface area contributed by atoms with Crippen LogP contribution in [0, 0.1) is 0 Å². The van der Waals surface area contributed by atoms with Gasteiger partial charge in [-0.05, 0) is 48.7 Å². The first-order valence-corrected chi connectivity index (χ1v) is 8.34. The normalized spacial score (nSPS) is 20.4. The summed E-state index contributed by atoms with van der Waals surface area (Å²) in [6.07, 6.45) is 2.47. The van der Waals surface area contributed by atoms with Crippen LogP contribution in [0.1, 0.15) is 40.7 Å². The number of aromatic hydroxyl groups is 1. The third kappa shape index (κ3) is 2.68. The lowest BCUT2D eigenvalue weighted by Gasteiger charge is -2.35. The van der Waals surface area contributed by atoms with Gasteiger partial charge in [0.15, 0.2) is 0 Å². The summed E-state index contributed by atoms with van der Waals surface area (Å²) in [4.78, 5) is 12.4. The molecule has 2 unspecified atom stereocenters. The molecule has 0 aromatic heterocycles. The number of phenols is 1. The van der Waals surface area contributed by atoms with Gasteiger partial charge in [0, 0.05) is 11.5 Å². The van der Waals surface area contributed by atoms with Crippen LogP contribution >= 0.6 is 23.2 Å². The molecule has 0 spiro atoms. The highest BCUT2D eigenvalue weighted by Gasteiger charge is 2.45. The van der Waals surface area contributed by atoms with Crippen LogP contribution in [0.2, 0.25) is 10.0 Å². The molecule has 2 aromatic rings. The summed E-state index contributed by atoms with van der Waals surface area (Å²) in [7, 11) is 0. The van der Waals surface area contributed by atoms with Gasteiger partial charge < -0.3 is 10.4 Å². The van der Waals surface area contributed by atoms with Crippen molar-refractivity contribution in [1.82, 2.24) is 5.32 Å². The van der Waals surface area contributed by atoms with E-state index in [9.17, 15) is 9.90 Å². The molecule has 0 radical (unpaired) electrons. The molecule has 2 atom stereocenters. The van der Waals surface area contributed by atoms with Crippen molar-refractivity contribution in [1.29, 1.82) is 0 Å². The molecule has 1 amide bonds. The summed E-state index contributed by atoms with van der Waals surface area (Å²) in [5, 5.41) is 13.7. The number of allylic oxidation sites excluding steroid dienone is 1. The number of nitrogens with one attached hydrogen (secondary N) is 1. The number of phenolic OH excluding ortho intramolecular Hbond substituents is 1. The summed E-state index contributed by atoms with van der Waals surface area (Å²) in [6, 6.07) is 10.4. The zero-order valence-corrected chi connectivity index (χ0v) is 14.7. The van der Waals surface area contributed by atoms with Crippen LogP contribution in [-0.4, -0.2) is 11.0 Å². The first kappa shape index (κ1) is 16.9. The number of carbonyl (C=O) groups excluding carboxylic acids is 1. The van der Waals surface area contributed by atoms with Gasteiger partial charge in [-0.3, -0.25) is 4.79 Å². The summed E-state index contributed by atoms with van der Waals surface area (Å²) in [5.74, 6) is -0.194. The molecule has 0 bridgehead atoms. The van der Waals surface area contributed by atoms with Crippen molar-refractivity contribution in [3.8, 4) is 5.75 Å². The van der Waals surface area contributed by atoms with Crippen molar-refractivity contribution >= 4 is 29.1 Å². The molecule has 1 aliphatic rings. The Bertz CT molecular complexity index is 834.